The molecule has 0 aliphatic rings. The normalized spacial score (nSPS) is 12.2. The molecule has 27 heavy (non-hydrogen) atoms. The Labute approximate surface area is 153 Å². The molecule has 0 spiro atoms. The van der Waals surface area contributed by atoms with Gasteiger partial charge in [-0.25, -0.2) is 13.6 Å². The number of anilines is 1. The Balaban J connectivity index is 2.18. The van der Waals surface area contributed by atoms with Crippen molar-refractivity contribution in [3.63, 3.8) is 0 Å². The first kappa shape index (κ1) is 20.5. The number of sulfonamides is 1. The summed E-state index contributed by atoms with van der Waals surface area (Å²) in [5, 5.41) is 7.49. The van der Waals surface area contributed by atoms with Crippen molar-refractivity contribution in [2.75, 3.05) is 12.4 Å². The zero-order chi connectivity index (χ0) is 20.2. The van der Waals surface area contributed by atoms with Crippen LogP contribution in [0.3, 0.4) is 0 Å². The summed E-state index contributed by atoms with van der Waals surface area (Å²) in [5.74, 6) is -0.659. The monoisotopic (exact) mass is 400 g/mol. The fourth-order valence-corrected chi connectivity index (χ4v) is 2.87. The molecule has 0 aliphatic heterocycles. The predicted molar refractivity (Wildman–Crippen MR) is 93.5 cm³/mol. The summed E-state index contributed by atoms with van der Waals surface area (Å²) < 4.78 is 66.0. The van der Waals surface area contributed by atoms with Crippen molar-refractivity contribution in [3.8, 4) is 5.75 Å². The SMILES string of the molecule is COc1ccc(NC(=O)/C=C/c2cccc(C(F)(F)F)c2)cc1S(N)(=O)=O. The third kappa shape index (κ3) is 5.56. The van der Waals surface area contributed by atoms with E-state index in [1.54, 1.807) is 0 Å². The molecule has 144 valence electrons. The Morgan fingerprint density at radius 2 is 1.89 bits per heavy atom. The van der Waals surface area contributed by atoms with E-state index in [1.807, 2.05) is 0 Å². The number of hydrogen-bond donors (Lipinski definition) is 2. The lowest BCUT2D eigenvalue weighted by molar-refractivity contribution is -0.137. The minimum absolute atomic E-state index is 0.00927. The lowest BCUT2D eigenvalue weighted by Crippen LogP contribution is -2.15. The van der Waals surface area contributed by atoms with Crippen LogP contribution in [0, 0.1) is 0 Å². The molecule has 2 aromatic carbocycles. The Bertz CT molecular complexity index is 986. The van der Waals surface area contributed by atoms with Crippen LogP contribution in [0.5, 0.6) is 5.75 Å². The number of nitrogens with one attached hydrogen (secondary N) is 1. The summed E-state index contributed by atoms with van der Waals surface area (Å²) in [6.07, 6.45) is -2.26. The van der Waals surface area contributed by atoms with E-state index in [1.165, 1.54) is 37.5 Å². The van der Waals surface area contributed by atoms with Gasteiger partial charge in [0.25, 0.3) is 0 Å². The molecule has 0 fully saturated rings. The predicted octanol–water partition coefficient (Wildman–Crippen LogP) is 3.01. The Hall–Kier alpha value is -2.85. The van der Waals surface area contributed by atoms with Gasteiger partial charge in [-0.2, -0.15) is 13.2 Å². The molecule has 0 bridgehead atoms. The molecule has 10 heteroatoms. The maximum absolute atomic E-state index is 12.7. The minimum Gasteiger partial charge on any atom is -0.495 e. The van der Waals surface area contributed by atoms with Gasteiger partial charge in [-0.3, -0.25) is 4.79 Å². The number of nitrogens with two attached hydrogens (primary N) is 1. The van der Waals surface area contributed by atoms with Gasteiger partial charge in [0, 0.05) is 11.8 Å². The lowest BCUT2D eigenvalue weighted by Gasteiger charge is -2.09. The molecule has 0 aromatic heterocycles. The van der Waals surface area contributed by atoms with Crippen LogP contribution >= 0.6 is 0 Å². The van der Waals surface area contributed by atoms with Gasteiger partial charge >= 0.3 is 6.18 Å². The largest absolute Gasteiger partial charge is 0.495 e. The minimum atomic E-state index is -4.49. The highest BCUT2D eigenvalue weighted by Gasteiger charge is 2.30. The van der Waals surface area contributed by atoms with Gasteiger partial charge in [0.05, 0.1) is 12.7 Å². The van der Waals surface area contributed by atoms with Crippen LogP contribution < -0.4 is 15.2 Å². The van der Waals surface area contributed by atoms with Gasteiger partial charge in [0.2, 0.25) is 15.9 Å². The van der Waals surface area contributed by atoms with E-state index in [4.69, 9.17) is 9.88 Å². The molecule has 0 saturated heterocycles. The molecule has 0 radical (unpaired) electrons. The average molecular weight is 400 g/mol. The van der Waals surface area contributed by atoms with Crippen molar-refractivity contribution >= 4 is 27.7 Å². The van der Waals surface area contributed by atoms with Crippen LogP contribution in [0.15, 0.2) is 53.4 Å². The number of halogens is 3. The van der Waals surface area contributed by atoms with Crippen molar-refractivity contribution in [2.24, 2.45) is 5.14 Å². The van der Waals surface area contributed by atoms with Gasteiger partial charge in [-0.05, 0) is 42.0 Å². The summed E-state index contributed by atoms with van der Waals surface area (Å²) in [6.45, 7) is 0. The fraction of sp³-hybridized carbons (Fsp3) is 0.118. The van der Waals surface area contributed by atoms with Crippen molar-refractivity contribution in [3.05, 3.63) is 59.7 Å². The molecule has 0 saturated carbocycles. The Morgan fingerprint density at radius 1 is 1.19 bits per heavy atom. The van der Waals surface area contributed by atoms with E-state index in [0.29, 0.717) is 0 Å². The van der Waals surface area contributed by atoms with Crippen LogP contribution in [-0.2, 0) is 21.0 Å². The lowest BCUT2D eigenvalue weighted by atomic mass is 10.1. The first-order valence-corrected chi connectivity index (χ1v) is 8.92. The van der Waals surface area contributed by atoms with Crippen LogP contribution in [-0.4, -0.2) is 21.4 Å². The Morgan fingerprint density at radius 3 is 2.48 bits per heavy atom. The highest BCUT2D eigenvalue weighted by Crippen LogP contribution is 2.30. The van der Waals surface area contributed by atoms with Crippen molar-refractivity contribution < 1.29 is 31.1 Å². The molecule has 1 amide bonds. The number of carbonyl (C=O) groups is 1. The summed E-state index contributed by atoms with van der Waals surface area (Å²) in [7, 11) is -2.81. The maximum atomic E-state index is 12.7. The van der Waals surface area contributed by atoms with Gasteiger partial charge in [0.15, 0.2) is 0 Å². The van der Waals surface area contributed by atoms with Crippen molar-refractivity contribution in [2.45, 2.75) is 11.1 Å². The molecule has 2 rings (SSSR count). The van der Waals surface area contributed by atoms with Gasteiger partial charge in [-0.15, -0.1) is 0 Å². The Kier molecular flexibility index (Phi) is 5.91. The third-order valence-electron chi connectivity index (χ3n) is 3.38. The van der Waals surface area contributed by atoms with E-state index in [9.17, 15) is 26.4 Å². The van der Waals surface area contributed by atoms with E-state index >= 15 is 0 Å². The molecule has 2 aromatic rings. The third-order valence-corrected chi connectivity index (χ3v) is 4.31. The van der Waals surface area contributed by atoms with Crippen molar-refractivity contribution in [1.82, 2.24) is 0 Å². The highest BCUT2D eigenvalue weighted by atomic mass is 32.2. The summed E-state index contributed by atoms with van der Waals surface area (Å²) in [6, 6.07) is 8.27. The van der Waals surface area contributed by atoms with Crippen molar-refractivity contribution in [1.29, 1.82) is 0 Å². The smallest absolute Gasteiger partial charge is 0.416 e. The number of rotatable bonds is 5. The molecular weight excluding hydrogens is 385 g/mol. The van der Waals surface area contributed by atoms with E-state index in [-0.39, 0.29) is 21.9 Å². The van der Waals surface area contributed by atoms with Gasteiger partial charge in [-0.1, -0.05) is 12.1 Å². The first-order valence-electron chi connectivity index (χ1n) is 7.38. The van der Waals surface area contributed by atoms with Crippen LogP contribution in [0.1, 0.15) is 11.1 Å². The molecular formula is C17H15F3N2O4S. The molecule has 0 atom stereocenters. The van der Waals surface area contributed by atoms with Crippen LogP contribution in [0.2, 0.25) is 0 Å². The van der Waals surface area contributed by atoms with E-state index in [2.05, 4.69) is 5.32 Å². The second-order valence-electron chi connectivity index (χ2n) is 5.36. The standard InChI is InChI=1S/C17H15F3N2O4S/c1-26-14-7-6-13(10-15(14)27(21,24)25)22-16(23)8-5-11-3-2-4-12(9-11)17(18,19)20/h2-10H,1H3,(H,22,23)(H2,21,24,25)/b8-5+. The zero-order valence-corrected chi connectivity index (χ0v) is 14.8. The van der Waals surface area contributed by atoms with E-state index < -0.39 is 27.7 Å². The number of primary sulfonamides is 1. The number of amides is 1. The van der Waals surface area contributed by atoms with Gasteiger partial charge < -0.3 is 10.1 Å². The molecule has 0 aliphatic carbocycles. The molecule has 6 nitrogen and oxygen atoms in total. The number of alkyl halides is 3. The number of methoxy groups -OCH3 is 1. The zero-order valence-electron chi connectivity index (χ0n) is 13.9. The number of carbonyl (C=O) groups excluding carboxylic acids is 1. The number of hydrogen-bond acceptors (Lipinski definition) is 4. The second kappa shape index (κ2) is 7.80. The number of benzene rings is 2. The van der Waals surface area contributed by atoms with Crippen LogP contribution in [0.25, 0.3) is 6.08 Å². The quantitative estimate of drug-likeness (QED) is 0.754. The second-order valence-corrected chi connectivity index (χ2v) is 6.89. The topological polar surface area (TPSA) is 98.5 Å². The molecule has 0 heterocycles. The van der Waals surface area contributed by atoms with Crippen LogP contribution in [0.4, 0.5) is 18.9 Å². The molecule has 0 unspecified atom stereocenters. The highest BCUT2D eigenvalue weighted by molar-refractivity contribution is 7.89. The number of ether oxygens (including phenoxy) is 1. The maximum Gasteiger partial charge on any atom is 0.416 e. The van der Waals surface area contributed by atoms with E-state index in [0.717, 1.165) is 24.3 Å². The molecule has 3 N–H and O–H groups in total. The first-order chi connectivity index (χ1) is 12.5. The fourth-order valence-electron chi connectivity index (χ4n) is 2.15. The van der Waals surface area contributed by atoms with Gasteiger partial charge in [0.1, 0.15) is 10.6 Å². The average Bonchev–Trinajstić information content (AvgIpc) is 2.59. The summed E-state index contributed by atoms with van der Waals surface area (Å²) >= 11 is 0. The summed E-state index contributed by atoms with van der Waals surface area (Å²) in [5.41, 5.74) is -0.531. The summed E-state index contributed by atoms with van der Waals surface area (Å²) in [4.78, 5) is 11.6.